The first-order chi connectivity index (χ1) is 15.5. The van der Waals surface area contributed by atoms with E-state index in [1.54, 1.807) is 54.6 Å². The van der Waals surface area contributed by atoms with E-state index in [1.165, 1.54) is 18.4 Å². The lowest BCUT2D eigenvalue weighted by molar-refractivity contribution is 0.0953. The summed E-state index contributed by atoms with van der Waals surface area (Å²) in [5.74, 6) is -0.420. The summed E-state index contributed by atoms with van der Waals surface area (Å²) in [6.07, 6.45) is -0.604. The molecular formula is C23H23N3O5S. The lowest BCUT2D eigenvalue weighted by Crippen LogP contribution is -2.21. The van der Waals surface area contributed by atoms with Gasteiger partial charge in [0, 0.05) is 30.6 Å². The Bertz CT molecular complexity index is 1050. The van der Waals surface area contributed by atoms with Crippen LogP contribution in [0.4, 0.5) is 16.2 Å². The molecule has 166 valence electrons. The highest BCUT2D eigenvalue weighted by atomic mass is 32.1. The van der Waals surface area contributed by atoms with Crippen molar-refractivity contribution in [2.75, 3.05) is 31.0 Å². The molecule has 1 aromatic heterocycles. The van der Waals surface area contributed by atoms with Gasteiger partial charge >= 0.3 is 6.09 Å². The van der Waals surface area contributed by atoms with Crippen LogP contribution in [0.3, 0.4) is 0 Å². The van der Waals surface area contributed by atoms with Gasteiger partial charge in [-0.05, 0) is 47.3 Å². The highest BCUT2D eigenvalue weighted by Gasteiger charge is 2.09. The maximum atomic E-state index is 12.5. The van der Waals surface area contributed by atoms with Gasteiger partial charge in [0.1, 0.15) is 6.61 Å². The fourth-order valence-corrected chi connectivity index (χ4v) is 3.34. The second kappa shape index (κ2) is 11.6. The van der Waals surface area contributed by atoms with E-state index in [1.807, 2.05) is 11.4 Å². The van der Waals surface area contributed by atoms with E-state index in [-0.39, 0.29) is 18.4 Å². The monoisotopic (exact) mass is 453 g/mol. The molecular weight excluding hydrogens is 430 g/mol. The van der Waals surface area contributed by atoms with Gasteiger partial charge in [0.25, 0.3) is 11.8 Å². The Balaban J connectivity index is 1.52. The topological polar surface area (TPSA) is 106 Å². The summed E-state index contributed by atoms with van der Waals surface area (Å²) in [6, 6.07) is 17.3. The zero-order valence-electron chi connectivity index (χ0n) is 17.4. The number of carbonyl (C=O) groups is 3. The van der Waals surface area contributed by atoms with E-state index in [4.69, 9.17) is 9.47 Å². The summed E-state index contributed by atoms with van der Waals surface area (Å²) in [7, 11) is 1.52. The van der Waals surface area contributed by atoms with E-state index < -0.39 is 6.09 Å². The largest absolute Gasteiger partial charge is 0.447 e. The van der Waals surface area contributed by atoms with Gasteiger partial charge in [0.15, 0.2) is 0 Å². The average Bonchev–Trinajstić information content (AvgIpc) is 3.33. The van der Waals surface area contributed by atoms with Crippen molar-refractivity contribution in [3.63, 3.8) is 0 Å². The van der Waals surface area contributed by atoms with Gasteiger partial charge in [-0.1, -0.05) is 24.3 Å². The number of nitrogens with one attached hydrogen (secondary N) is 3. The lowest BCUT2D eigenvalue weighted by atomic mass is 10.1. The molecule has 0 saturated heterocycles. The Morgan fingerprint density at radius 2 is 1.62 bits per heavy atom. The summed E-state index contributed by atoms with van der Waals surface area (Å²) in [6.45, 7) is 0.822. The Kier molecular flexibility index (Phi) is 8.36. The molecule has 0 aliphatic carbocycles. The molecule has 3 rings (SSSR count). The Morgan fingerprint density at radius 3 is 2.31 bits per heavy atom. The SMILES string of the molecule is COCCOC(=O)Nc1cccc(NC(=O)c2ccc(CNC(=O)c3cccs3)cc2)c1. The summed E-state index contributed by atoms with van der Waals surface area (Å²) in [5, 5.41) is 10.1. The van der Waals surface area contributed by atoms with Crippen LogP contribution < -0.4 is 16.0 Å². The summed E-state index contributed by atoms with van der Waals surface area (Å²) in [5.41, 5.74) is 2.36. The molecule has 3 amide bonds. The molecule has 2 aromatic carbocycles. The van der Waals surface area contributed by atoms with Crippen LogP contribution in [0.1, 0.15) is 25.6 Å². The molecule has 8 nitrogen and oxygen atoms in total. The predicted octanol–water partition coefficient (Wildman–Crippen LogP) is 4.13. The Labute approximate surface area is 189 Å². The fraction of sp³-hybridized carbons (Fsp3) is 0.174. The summed E-state index contributed by atoms with van der Waals surface area (Å²) in [4.78, 5) is 37.0. The first kappa shape index (κ1) is 23.0. The van der Waals surface area contributed by atoms with Crippen molar-refractivity contribution < 1.29 is 23.9 Å². The first-order valence-electron chi connectivity index (χ1n) is 9.80. The van der Waals surface area contributed by atoms with Crippen LogP contribution in [0.2, 0.25) is 0 Å². The van der Waals surface area contributed by atoms with Crippen molar-refractivity contribution in [1.29, 1.82) is 0 Å². The molecule has 0 unspecified atom stereocenters. The summed E-state index contributed by atoms with van der Waals surface area (Å²) < 4.78 is 9.78. The van der Waals surface area contributed by atoms with Crippen LogP contribution in [0.5, 0.6) is 0 Å². The molecule has 0 aliphatic heterocycles. The molecule has 3 aromatic rings. The average molecular weight is 454 g/mol. The van der Waals surface area contributed by atoms with Gasteiger partial charge in [0.05, 0.1) is 11.5 Å². The zero-order chi connectivity index (χ0) is 22.8. The van der Waals surface area contributed by atoms with Crippen molar-refractivity contribution >= 4 is 40.6 Å². The second-order valence-corrected chi connectivity index (χ2v) is 7.59. The Morgan fingerprint density at radius 1 is 0.875 bits per heavy atom. The third-order valence-corrected chi connectivity index (χ3v) is 5.17. The molecule has 1 heterocycles. The minimum absolute atomic E-state index is 0.127. The van der Waals surface area contributed by atoms with Gasteiger partial charge in [-0.25, -0.2) is 4.79 Å². The third-order valence-electron chi connectivity index (χ3n) is 4.30. The highest BCUT2D eigenvalue weighted by Crippen LogP contribution is 2.17. The second-order valence-electron chi connectivity index (χ2n) is 6.65. The lowest BCUT2D eigenvalue weighted by Gasteiger charge is -2.10. The standard InChI is InChI=1S/C23H23N3O5S/c1-30-11-12-31-23(29)26-19-5-2-4-18(14-19)25-21(27)17-9-7-16(8-10-17)15-24-22(28)20-6-3-13-32-20/h2-10,13-14H,11-12,15H2,1H3,(H,24,28)(H,25,27)(H,26,29). The van der Waals surface area contributed by atoms with Gasteiger partial charge in [-0.2, -0.15) is 0 Å². The molecule has 0 spiro atoms. The molecule has 32 heavy (non-hydrogen) atoms. The maximum absolute atomic E-state index is 12.5. The molecule has 0 saturated carbocycles. The van der Waals surface area contributed by atoms with E-state index >= 15 is 0 Å². The molecule has 0 fully saturated rings. The number of rotatable bonds is 9. The van der Waals surface area contributed by atoms with Crippen molar-refractivity contribution in [3.05, 3.63) is 82.0 Å². The van der Waals surface area contributed by atoms with Crippen LogP contribution in [-0.4, -0.2) is 38.2 Å². The molecule has 0 radical (unpaired) electrons. The van der Waals surface area contributed by atoms with Crippen LogP contribution >= 0.6 is 11.3 Å². The normalized spacial score (nSPS) is 10.3. The van der Waals surface area contributed by atoms with E-state index in [9.17, 15) is 14.4 Å². The Hall–Kier alpha value is -3.69. The number of amides is 3. The zero-order valence-corrected chi connectivity index (χ0v) is 18.2. The minimum atomic E-state index is -0.604. The predicted molar refractivity (Wildman–Crippen MR) is 123 cm³/mol. The molecule has 3 N–H and O–H groups in total. The van der Waals surface area contributed by atoms with Crippen LogP contribution in [-0.2, 0) is 16.0 Å². The van der Waals surface area contributed by atoms with Crippen molar-refractivity contribution in [2.45, 2.75) is 6.54 Å². The van der Waals surface area contributed by atoms with E-state index in [0.717, 1.165) is 5.56 Å². The van der Waals surface area contributed by atoms with Crippen LogP contribution in [0, 0.1) is 0 Å². The number of anilines is 2. The van der Waals surface area contributed by atoms with Gasteiger partial charge in [0.2, 0.25) is 0 Å². The van der Waals surface area contributed by atoms with Crippen LogP contribution in [0.15, 0.2) is 66.0 Å². The number of hydrogen-bond donors (Lipinski definition) is 3. The smallest absolute Gasteiger partial charge is 0.411 e. The molecule has 9 heteroatoms. The van der Waals surface area contributed by atoms with Crippen molar-refractivity contribution in [2.24, 2.45) is 0 Å². The van der Waals surface area contributed by atoms with Gasteiger partial charge < -0.3 is 20.1 Å². The quantitative estimate of drug-likeness (QED) is 0.423. The minimum Gasteiger partial charge on any atom is -0.447 e. The van der Waals surface area contributed by atoms with E-state index in [2.05, 4.69) is 16.0 Å². The van der Waals surface area contributed by atoms with Crippen LogP contribution in [0.25, 0.3) is 0 Å². The number of hydrogen-bond acceptors (Lipinski definition) is 6. The molecule has 0 atom stereocenters. The van der Waals surface area contributed by atoms with Crippen molar-refractivity contribution in [3.8, 4) is 0 Å². The first-order valence-corrected chi connectivity index (χ1v) is 10.7. The highest BCUT2D eigenvalue weighted by molar-refractivity contribution is 7.12. The molecule has 0 aliphatic rings. The number of thiophene rings is 1. The number of methoxy groups -OCH3 is 1. The maximum Gasteiger partial charge on any atom is 0.411 e. The van der Waals surface area contributed by atoms with Crippen molar-refractivity contribution in [1.82, 2.24) is 5.32 Å². The number of ether oxygens (including phenoxy) is 2. The molecule has 0 bridgehead atoms. The van der Waals surface area contributed by atoms with Gasteiger partial charge in [-0.3, -0.25) is 14.9 Å². The fourth-order valence-electron chi connectivity index (χ4n) is 2.70. The third kappa shape index (κ3) is 6.93. The number of benzene rings is 2. The van der Waals surface area contributed by atoms with E-state index in [0.29, 0.717) is 35.0 Å². The number of carbonyl (C=O) groups excluding carboxylic acids is 3. The summed E-state index contributed by atoms with van der Waals surface area (Å²) >= 11 is 1.38. The van der Waals surface area contributed by atoms with Gasteiger partial charge in [-0.15, -0.1) is 11.3 Å².